The van der Waals surface area contributed by atoms with Crippen molar-refractivity contribution in [2.24, 2.45) is 5.92 Å². The summed E-state index contributed by atoms with van der Waals surface area (Å²) in [5, 5.41) is 12.6. The Bertz CT molecular complexity index is 445. The fourth-order valence-electron chi connectivity index (χ4n) is 2.44. The molecular weight excluding hydrogens is 258 g/mol. The summed E-state index contributed by atoms with van der Waals surface area (Å²) in [5.74, 6) is 0.647. The van der Waals surface area contributed by atoms with Crippen LogP contribution in [0.3, 0.4) is 0 Å². The number of nitrogens with one attached hydrogen (secondary N) is 1. The van der Waals surface area contributed by atoms with Gasteiger partial charge in [-0.2, -0.15) is 5.26 Å². The zero-order valence-electron chi connectivity index (χ0n) is 11.6. The van der Waals surface area contributed by atoms with Crippen LogP contribution in [0, 0.1) is 17.2 Å². The van der Waals surface area contributed by atoms with Gasteiger partial charge in [-0.1, -0.05) is 19.9 Å². The molecule has 1 aliphatic heterocycles. The predicted molar refractivity (Wildman–Crippen MR) is 82.0 cm³/mol. The average Bonchev–Trinajstić information content (AvgIpc) is 2.39. The molecule has 0 amide bonds. The summed E-state index contributed by atoms with van der Waals surface area (Å²) >= 11 is 0. The van der Waals surface area contributed by atoms with Gasteiger partial charge >= 0.3 is 0 Å². The Balaban J connectivity index is 0.00000180. The van der Waals surface area contributed by atoms with Crippen LogP contribution in [0.2, 0.25) is 0 Å². The second kappa shape index (κ2) is 7.37. The molecule has 0 aromatic heterocycles. The maximum absolute atomic E-state index is 9.23. The lowest BCUT2D eigenvalue weighted by Gasteiger charge is -2.30. The highest BCUT2D eigenvalue weighted by atomic mass is 35.5. The van der Waals surface area contributed by atoms with Crippen LogP contribution in [-0.2, 0) is 6.42 Å². The first kappa shape index (κ1) is 15.8. The van der Waals surface area contributed by atoms with Gasteiger partial charge in [0.05, 0.1) is 11.3 Å². The van der Waals surface area contributed by atoms with Crippen LogP contribution in [-0.4, -0.2) is 26.2 Å². The molecule has 4 heteroatoms. The molecule has 1 N–H and O–H groups in total. The van der Waals surface area contributed by atoms with Crippen molar-refractivity contribution in [1.82, 2.24) is 5.32 Å². The van der Waals surface area contributed by atoms with Crippen LogP contribution < -0.4 is 10.2 Å². The van der Waals surface area contributed by atoms with E-state index < -0.39 is 0 Å². The minimum atomic E-state index is 0. The lowest BCUT2D eigenvalue weighted by atomic mass is 10.00. The topological polar surface area (TPSA) is 39.1 Å². The first-order chi connectivity index (χ1) is 8.70. The molecule has 1 heterocycles. The van der Waals surface area contributed by atoms with Gasteiger partial charge in [-0.05, 0) is 30.0 Å². The van der Waals surface area contributed by atoms with Crippen molar-refractivity contribution in [1.29, 1.82) is 5.26 Å². The molecule has 2 rings (SSSR count). The number of piperazine rings is 1. The molecule has 104 valence electrons. The van der Waals surface area contributed by atoms with Crippen molar-refractivity contribution in [2.45, 2.75) is 20.3 Å². The average molecular weight is 280 g/mol. The van der Waals surface area contributed by atoms with Gasteiger partial charge in [0, 0.05) is 26.2 Å². The molecule has 1 aliphatic rings. The molecule has 0 bridgehead atoms. The second-order valence-corrected chi connectivity index (χ2v) is 5.30. The Hall–Kier alpha value is -1.24. The number of nitriles is 1. The fourth-order valence-corrected chi connectivity index (χ4v) is 2.44. The number of anilines is 1. The lowest BCUT2D eigenvalue weighted by Crippen LogP contribution is -2.43. The van der Waals surface area contributed by atoms with Crippen LogP contribution in [0.25, 0.3) is 0 Å². The van der Waals surface area contributed by atoms with Crippen molar-refractivity contribution in [2.75, 3.05) is 31.1 Å². The van der Waals surface area contributed by atoms with E-state index in [0.29, 0.717) is 5.92 Å². The van der Waals surface area contributed by atoms with Gasteiger partial charge in [-0.15, -0.1) is 12.4 Å². The molecule has 0 saturated carbocycles. The molecule has 0 unspecified atom stereocenters. The molecule has 1 saturated heterocycles. The smallest absolute Gasteiger partial charge is 0.101 e. The van der Waals surface area contributed by atoms with Gasteiger partial charge in [-0.25, -0.2) is 0 Å². The van der Waals surface area contributed by atoms with Crippen molar-refractivity contribution in [3.8, 4) is 6.07 Å². The van der Waals surface area contributed by atoms with E-state index >= 15 is 0 Å². The molecule has 0 radical (unpaired) electrons. The van der Waals surface area contributed by atoms with E-state index in [1.54, 1.807) is 0 Å². The highest BCUT2D eigenvalue weighted by molar-refractivity contribution is 5.85. The zero-order valence-corrected chi connectivity index (χ0v) is 12.5. The Morgan fingerprint density at radius 2 is 2.00 bits per heavy atom. The minimum Gasteiger partial charge on any atom is -0.368 e. The Morgan fingerprint density at radius 1 is 1.32 bits per heavy atom. The normalized spacial score (nSPS) is 14.9. The molecule has 1 fully saturated rings. The SMILES string of the molecule is CC(C)Cc1ccc(C#N)c(N2CCNCC2)c1.Cl. The summed E-state index contributed by atoms with van der Waals surface area (Å²) in [6.07, 6.45) is 1.07. The largest absolute Gasteiger partial charge is 0.368 e. The van der Waals surface area contributed by atoms with Crippen molar-refractivity contribution >= 4 is 18.1 Å². The molecular formula is C15H22ClN3. The summed E-state index contributed by atoms with van der Waals surface area (Å²) in [6, 6.07) is 8.56. The number of hydrogen-bond donors (Lipinski definition) is 1. The quantitative estimate of drug-likeness (QED) is 0.924. The van der Waals surface area contributed by atoms with Crippen molar-refractivity contribution in [3.63, 3.8) is 0 Å². The Morgan fingerprint density at radius 3 is 2.58 bits per heavy atom. The molecule has 1 aromatic carbocycles. The number of hydrogen-bond acceptors (Lipinski definition) is 3. The van der Waals surface area contributed by atoms with Gasteiger partial charge in [0.25, 0.3) is 0 Å². The summed E-state index contributed by atoms with van der Waals surface area (Å²) < 4.78 is 0. The van der Waals surface area contributed by atoms with Gasteiger partial charge in [-0.3, -0.25) is 0 Å². The van der Waals surface area contributed by atoms with Crippen LogP contribution in [0.5, 0.6) is 0 Å². The molecule has 0 atom stereocenters. The summed E-state index contributed by atoms with van der Waals surface area (Å²) in [7, 11) is 0. The van der Waals surface area contributed by atoms with Crippen LogP contribution in [0.15, 0.2) is 18.2 Å². The Kier molecular flexibility index (Phi) is 6.14. The van der Waals surface area contributed by atoms with Gasteiger partial charge in [0.2, 0.25) is 0 Å². The van der Waals surface area contributed by atoms with Crippen LogP contribution >= 0.6 is 12.4 Å². The van der Waals surface area contributed by atoms with Gasteiger partial charge < -0.3 is 10.2 Å². The highest BCUT2D eigenvalue weighted by Gasteiger charge is 2.14. The third kappa shape index (κ3) is 4.12. The van der Waals surface area contributed by atoms with Gasteiger partial charge in [0.1, 0.15) is 6.07 Å². The zero-order chi connectivity index (χ0) is 13.0. The van der Waals surface area contributed by atoms with Crippen LogP contribution in [0.4, 0.5) is 5.69 Å². The number of nitrogens with zero attached hydrogens (tertiary/aromatic N) is 2. The van der Waals surface area contributed by atoms with E-state index in [1.807, 2.05) is 6.07 Å². The standard InChI is InChI=1S/C15H21N3.ClH/c1-12(2)9-13-3-4-14(11-16)15(10-13)18-7-5-17-6-8-18;/h3-4,10,12,17H,5-9H2,1-2H3;1H. The molecule has 3 nitrogen and oxygen atoms in total. The van der Waals surface area contributed by atoms with Crippen molar-refractivity contribution in [3.05, 3.63) is 29.3 Å². The molecule has 0 spiro atoms. The van der Waals surface area contributed by atoms with E-state index in [2.05, 4.69) is 42.3 Å². The lowest BCUT2D eigenvalue weighted by molar-refractivity contribution is 0.588. The Labute approximate surface area is 122 Å². The maximum Gasteiger partial charge on any atom is 0.101 e. The summed E-state index contributed by atoms with van der Waals surface area (Å²) in [4.78, 5) is 2.32. The van der Waals surface area contributed by atoms with E-state index in [0.717, 1.165) is 43.9 Å². The molecule has 19 heavy (non-hydrogen) atoms. The maximum atomic E-state index is 9.23. The third-order valence-corrected chi connectivity index (χ3v) is 3.28. The summed E-state index contributed by atoms with van der Waals surface area (Å²) in [6.45, 7) is 8.42. The predicted octanol–water partition coefficient (Wildman–Crippen LogP) is 2.59. The van der Waals surface area contributed by atoms with Crippen molar-refractivity contribution < 1.29 is 0 Å². The number of rotatable bonds is 3. The van der Waals surface area contributed by atoms with Crippen LogP contribution in [0.1, 0.15) is 25.0 Å². The molecule has 0 aliphatic carbocycles. The summed E-state index contributed by atoms with van der Waals surface area (Å²) in [5.41, 5.74) is 3.24. The second-order valence-electron chi connectivity index (χ2n) is 5.30. The first-order valence-corrected chi connectivity index (χ1v) is 6.69. The van der Waals surface area contributed by atoms with E-state index in [4.69, 9.17) is 0 Å². The number of benzene rings is 1. The molecule has 1 aromatic rings. The monoisotopic (exact) mass is 279 g/mol. The first-order valence-electron chi connectivity index (χ1n) is 6.69. The minimum absolute atomic E-state index is 0. The van der Waals surface area contributed by atoms with E-state index in [1.165, 1.54) is 5.56 Å². The van der Waals surface area contributed by atoms with Gasteiger partial charge in [0.15, 0.2) is 0 Å². The highest BCUT2D eigenvalue weighted by Crippen LogP contribution is 2.23. The van der Waals surface area contributed by atoms with E-state index in [-0.39, 0.29) is 12.4 Å². The number of halogens is 1. The van der Waals surface area contributed by atoms with E-state index in [9.17, 15) is 5.26 Å². The fraction of sp³-hybridized carbons (Fsp3) is 0.533. The third-order valence-electron chi connectivity index (χ3n) is 3.28.